The molecule has 0 spiro atoms. The first-order valence-electron chi connectivity index (χ1n) is 18.2. The molecule has 3 aromatic rings. The molecule has 5 atom stereocenters. The molecule has 0 radical (unpaired) electrons. The number of pyridine rings is 2. The van der Waals surface area contributed by atoms with Gasteiger partial charge in [0.1, 0.15) is 41.1 Å². The van der Waals surface area contributed by atoms with E-state index >= 15 is 0 Å². The summed E-state index contributed by atoms with van der Waals surface area (Å²) in [7, 11) is 1.45. The third-order valence-electron chi connectivity index (χ3n) is 10.3. The Morgan fingerprint density at radius 2 is 1.81 bits per heavy atom. The lowest BCUT2D eigenvalue weighted by Crippen LogP contribution is -2.58. The van der Waals surface area contributed by atoms with Gasteiger partial charge < -0.3 is 29.9 Å². The van der Waals surface area contributed by atoms with Crippen molar-refractivity contribution in [2.24, 2.45) is 11.3 Å². The van der Waals surface area contributed by atoms with Gasteiger partial charge in [-0.05, 0) is 85.9 Å². The molecule has 3 N–H and O–H groups in total. The predicted octanol–water partition coefficient (Wildman–Crippen LogP) is 3.87. The molecule has 3 amide bonds. The summed E-state index contributed by atoms with van der Waals surface area (Å²) in [6, 6.07) is 9.40. The fourth-order valence-corrected chi connectivity index (χ4v) is 8.43. The minimum absolute atomic E-state index is 0.0388. The van der Waals surface area contributed by atoms with E-state index in [9.17, 15) is 22.8 Å². The van der Waals surface area contributed by atoms with Crippen LogP contribution in [0.2, 0.25) is 0 Å². The minimum atomic E-state index is -3.88. The molecule has 2 aromatic heterocycles. The van der Waals surface area contributed by atoms with Crippen molar-refractivity contribution in [1.82, 2.24) is 24.9 Å². The Balaban J connectivity index is 1.34. The maximum absolute atomic E-state index is 14.8. The normalized spacial score (nSPS) is 23.0. The Kier molecular flexibility index (Phi) is 10.3. The van der Waals surface area contributed by atoms with Crippen LogP contribution in [0, 0.1) is 25.2 Å². The van der Waals surface area contributed by atoms with Gasteiger partial charge >= 0.3 is 0 Å². The number of carbonyl (C=O) groups is 3. The Morgan fingerprint density at radius 3 is 2.41 bits per heavy atom. The molecular weight excluding hydrogens is 711 g/mol. The van der Waals surface area contributed by atoms with Crippen LogP contribution in [0.15, 0.2) is 49.1 Å². The van der Waals surface area contributed by atoms with Crippen LogP contribution < -0.4 is 29.7 Å². The van der Waals surface area contributed by atoms with Crippen molar-refractivity contribution in [3.05, 3.63) is 60.3 Å². The highest BCUT2D eigenvalue weighted by Gasteiger charge is 2.62. The molecule has 290 valence electrons. The smallest absolute Gasteiger partial charge is 0.259 e. The van der Waals surface area contributed by atoms with E-state index in [0.717, 1.165) is 22.0 Å². The fraction of sp³-hybridized carbons (Fsp3) is 0.513. The van der Waals surface area contributed by atoms with Gasteiger partial charge in [-0.2, -0.15) is 4.98 Å². The summed E-state index contributed by atoms with van der Waals surface area (Å²) in [5.74, 6) is -0.0880. The zero-order chi connectivity index (χ0) is 39.3. The van der Waals surface area contributed by atoms with Crippen molar-refractivity contribution >= 4 is 50.2 Å². The summed E-state index contributed by atoms with van der Waals surface area (Å²) in [5.41, 5.74) is -0.385. The molecule has 1 saturated heterocycles. The maximum Gasteiger partial charge on any atom is 0.259 e. The first kappa shape index (κ1) is 38.8. The molecule has 1 aromatic carbocycles. The van der Waals surface area contributed by atoms with Gasteiger partial charge in [-0.25, -0.2) is 13.4 Å². The van der Waals surface area contributed by atoms with Gasteiger partial charge in [0.25, 0.3) is 5.91 Å². The molecule has 2 saturated carbocycles. The Bertz CT molecular complexity index is 2080. The van der Waals surface area contributed by atoms with E-state index in [0.29, 0.717) is 36.1 Å². The van der Waals surface area contributed by atoms with Crippen LogP contribution in [0.4, 0.5) is 11.6 Å². The maximum atomic E-state index is 14.8. The van der Waals surface area contributed by atoms with Gasteiger partial charge in [0.2, 0.25) is 27.7 Å². The van der Waals surface area contributed by atoms with Crippen molar-refractivity contribution < 1.29 is 32.3 Å². The van der Waals surface area contributed by atoms with E-state index in [4.69, 9.17) is 14.5 Å². The lowest BCUT2D eigenvalue weighted by atomic mass is 9.85. The number of hydrogen-bond acceptors (Lipinski definition) is 11. The van der Waals surface area contributed by atoms with E-state index < -0.39 is 62.1 Å². The number of nitrogens with one attached hydrogen (secondary N) is 3. The molecule has 0 bridgehead atoms. The van der Waals surface area contributed by atoms with Gasteiger partial charge in [0, 0.05) is 37.5 Å². The molecule has 3 heterocycles. The van der Waals surface area contributed by atoms with E-state index in [-0.39, 0.29) is 25.3 Å². The number of aromatic nitrogens is 2. The van der Waals surface area contributed by atoms with Gasteiger partial charge in [0.05, 0.1) is 18.9 Å². The van der Waals surface area contributed by atoms with Crippen LogP contribution in [0.25, 0.3) is 10.8 Å². The average molecular weight is 762 g/mol. The molecule has 15 heteroatoms. The summed E-state index contributed by atoms with van der Waals surface area (Å²) in [5, 5.41) is 7.14. The highest BCUT2D eigenvalue weighted by molar-refractivity contribution is 7.91. The Morgan fingerprint density at radius 1 is 1.09 bits per heavy atom. The predicted molar refractivity (Wildman–Crippen MR) is 207 cm³/mol. The standard InChI is InChI=1S/C39H51N7O7S/c1-10-25-20-39(25,37(49)44-54(50,51)28-12-13-28)43-34(47)30-19-27(53-35-29-14-11-26(52-9)17-24(29)18-32(42-35)45(7)8)21-46(30)36(48)33(38(4,5)6)41-31-16-22(2)15-23(3)40-31/h10-11,14-18,25,27-28,30,33H,1,12-13,19-21H2,2-9H3,(H,40,41)(H,43,47)(H,44,49)/t25-,27-,30+,33?,39-/m1/s1. The van der Waals surface area contributed by atoms with Crippen molar-refractivity contribution in [2.45, 2.75) is 89.3 Å². The van der Waals surface area contributed by atoms with Crippen molar-refractivity contribution in [2.75, 3.05) is 38.0 Å². The number of rotatable bonds is 13. The number of hydrogen-bond donors (Lipinski definition) is 3. The van der Waals surface area contributed by atoms with Crippen LogP contribution in [0.1, 0.15) is 57.7 Å². The number of aryl methyl sites for hydroxylation is 2. The molecule has 1 unspecified atom stereocenters. The van der Waals surface area contributed by atoms with Crippen LogP contribution in [0.5, 0.6) is 11.6 Å². The van der Waals surface area contributed by atoms with E-state index in [1.807, 2.05) is 90.0 Å². The molecular formula is C39H51N7O7S. The van der Waals surface area contributed by atoms with Gasteiger partial charge in [-0.15, -0.1) is 6.58 Å². The topological polar surface area (TPSA) is 172 Å². The Hall–Kier alpha value is -4.92. The second kappa shape index (κ2) is 14.4. The summed E-state index contributed by atoms with van der Waals surface area (Å²) in [4.78, 5) is 55.6. The number of nitrogens with zero attached hydrogens (tertiary/aromatic N) is 4. The summed E-state index contributed by atoms with van der Waals surface area (Å²) in [6.07, 6.45) is 2.07. The first-order chi connectivity index (χ1) is 25.3. The Labute approximate surface area is 317 Å². The zero-order valence-corrected chi connectivity index (χ0v) is 33.0. The molecule has 3 fully saturated rings. The third kappa shape index (κ3) is 7.96. The van der Waals surface area contributed by atoms with Crippen LogP contribution in [-0.2, 0) is 24.4 Å². The SMILES string of the molecule is C=C[C@@H]1C[C@]1(NC(=O)[C@@H]1C[C@@H](Oc2nc(N(C)C)cc3cc(OC)ccc23)CN1C(=O)C(Nc1cc(C)cc(C)n1)C(C)(C)C)C(=O)NS(=O)(=O)C1CC1. The van der Waals surface area contributed by atoms with E-state index in [1.165, 1.54) is 11.0 Å². The highest BCUT2D eigenvalue weighted by Crippen LogP contribution is 2.46. The lowest BCUT2D eigenvalue weighted by Gasteiger charge is -2.36. The molecule has 3 aliphatic rings. The fourth-order valence-electron chi connectivity index (χ4n) is 7.07. The van der Waals surface area contributed by atoms with Gasteiger partial charge in [0.15, 0.2) is 0 Å². The lowest BCUT2D eigenvalue weighted by molar-refractivity contribution is -0.141. The number of carbonyl (C=O) groups excluding carboxylic acids is 3. The monoisotopic (exact) mass is 761 g/mol. The largest absolute Gasteiger partial charge is 0.497 e. The van der Waals surface area contributed by atoms with Crippen LogP contribution >= 0.6 is 0 Å². The van der Waals surface area contributed by atoms with E-state index in [2.05, 4.69) is 26.9 Å². The molecule has 2 aliphatic carbocycles. The molecule has 14 nitrogen and oxygen atoms in total. The number of sulfonamides is 1. The number of ether oxygens (including phenoxy) is 2. The number of anilines is 2. The number of amides is 3. The highest BCUT2D eigenvalue weighted by atomic mass is 32.2. The second-order valence-corrected chi connectivity index (χ2v) is 18.0. The first-order valence-corrected chi connectivity index (χ1v) is 19.8. The van der Waals surface area contributed by atoms with Crippen molar-refractivity contribution in [3.63, 3.8) is 0 Å². The van der Waals surface area contributed by atoms with Gasteiger partial charge in [-0.3, -0.25) is 19.1 Å². The molecule has 6 rings (SSSR count). The molecule has 1 aliphatic heterocycles. The third-order valence-corrected chi connectivity index (χ3v) is 12.1. The summed E-state index contributed by atoms with van der Waals surface area (Å²) < 4.78 is 39.8. The number of benzene rings is 1. The van der Waals surface area contributed by atoms with Crippen LogP contribution in [-0.4, -0.2) is 97.7 Å². The minimum Gasteiger partial charge on any atom is -0.497 e. The number of methoxy groups -OCH3 is 1. The van der Waals surface area contributed by atoms with E-state index in [1.54, 1.807) is 7.11 Å². The van der Waals surface area contributed by atoms with Gasteiger partial charge in [-0.1, -0.05) is 26.8 Å². The van der Waals surface area contributed by atoms with Crippen molar-refractivity contribution in [1.29, 1.82) is 0 Å². The summed E-state index contributed by atoms with van der Waals surface area (Å²) >= 11 is 0. The number of fused-ring (bicyclic) bond motifs is 1. The molecule has 54 heavy (non-hydrogen) atoms. The average Bonchev–Trinajstić information content (AvgIpc) is 4.02. The quantitative estimate of drug-likeness (QED) is 0.216. The second-order valence-electron chi connectivity index (χ2n) is 16.0. The summed E-state index contributed by atoms with van der Waals surface area (Å²) in [6.45, 7) is 13.5. The van der Waals surface area contributed by atoms with Crippen molar-refractivity contribution in [3.8, 4) is 11.6 Å². The number of likely N-dealkylation sites (tertiary alicyclic amines) is 1. The zero-order valence-electron chi connectivity index (χ0n) is 32.2. The van der Waals surface area contributed by atoms with Crippen LogP contribution in [0.3, 0.4) is 0 Å².